The van der Waals surface area contributed by atoms with Gasteiger partial charge in [-0.05, 0) is 46.1 Å². The van der Waals surface area contributed by atoms with Gasteiger partial charge >= 0.3 is 0 Å². The predicted molar refractivity (Wildman–Crippen MR) is 159 cm³/mol. The van der Waals surface area contributed by atoms with Crippen molar-refractivity contribution in [2.24, 2.45) is 0 Å². The summed E-state index contributed by atoms with van der Waals surface area (Å²) in [5.41, 5.74) is 5.46. The van der Waals surface area contributed by atoms with Crippen LogP contribution in [0.15, 0.2) is 89.7 Å². The topological polar surface area (TPSA) is 51.8 Å². The van der Waals surface area contributed by atoms with Gasteiger partial charge in [0, 0.05) is 49.9 Å². The number of benzene rings is 2. The van der Waals surface area contributed by atoms with Crippen LogP contribution in [0.4, 0.5) is 4.39 Å². The van der Waals surface area contributed by atoms with E-state index in [1.54, 1.807) is 24.5 Å². The van der Waals surface area contributed by atoms with E-state index in [1.807, 2.05) is 42.6 Å². The first-order valence-electron chi connectivity index (χ1n) is 13.0. The van der Waals surface area contributed by atoms with E-state index < -0.39 is 8.07 Å². The van der Waals surface area contributed by atoms with Gasteiger partial charge in [-0.15, -0.1) is 48.0 Å². The van der Waals surface area contributed by atoms with Gasteiger partial charge in [-0.3, -0.25) is 4.39 Å². The molecule has 4 nitrogen and oxygen atoms in total. The molecular formula is C33H30FIrN3OSi-2. The average Bonchev–Trinajstić information content (AvgIpc) is 3.34. The van der Waals surface area contributed by atoms with E-state index in [9.17, 15) is 4.39 Å². The average molecular weight is 724 g/mol. The SMILES string of the molecule is CC(C)c1ccnc(-c2[c-]cc(F)c3c2oc2ncccc23)c1.C[Si](C)(C)c1ccc(-c2[c-]cccc2)nc1.[Ir]. The van der Waals surface area contributed by atoms with Gasteiger partial charge in [-0.1, -0.05) is 62.8 Å². The molecule has 6 aromatic rings. The summed E-state index contributed by atoms with van der Waals surface area (Å²) in [5, 5.41) is 2.49. The molecule has 0 amide bonds. The Morgan fingerprint density at radius 1 is 0.875 bits per heavy atom. The number of pyridine rings is 3. The zero-order chi connectivity index (χ0) is 27.6. The van der Waals surface area contributed by atoms with Gasteiger partial charge in [0.15, 0.2) is 0 Å². The van der Waals surface area contributed by atoms with Crippen molar-refractivity contribution < 1.29 is 28.9 Å². The third-order valence-electron chi connectivity index (χ3n) is 6.60. The molecule has 0 aliphatic carbocycles. The Bertz CT molecular complexity index is 1730. The van der Waals surface area contributed by atoms with Gasteiger partial charge < -0.3 is 14.4 Å². The number of hydrogen-bond acceptors (Lipinski definition) is 4. The summed E-state index contributed by atoms with van der Waals surface area (Å²) < 4.78 is 20.1. The van der Waals surface area contributed by atoms with Crippen LogP contribution < -0.4 is 5.19 Å². The minimum atomic E-state index is -1.23. The van der Waals surface area contributed by atoms with Crippen molar-refractivity contribution in [2.45, 2.75) is 39.4 Å². The van der Waals surface area contributed by atoms with E-state index in [0.29, 0.717) is 33.6 Å². The molecule has 0 atom stereocenters. The van der Waals surface area contributed by atoms with Crippen LogP contribution in [0.5, 0.6) is 0 Å². The minimum absolute atomic E-state index is 0. The Balaban J connectivity index is 0.000000192. The number of hydrogen-bond donors (Lipinski definition) is 0. The molecule has 0 N–H and O–H groups in total. The molecule has 4 aromatic heterocycles. The van der Waals surface area contributed by atoms with Crippen molar-refractivity contribution in [1.82, 2.24) is 15.0 Å². The number of furan rings is 1. The summed E-state index contributed by atoms with van der Waals surface area (Å²) in [7, 11) is -1.23. The van der Waals surface area contributed by atoms with E-state index in [4.69, 9.17) is 4.42 Å². The molecule has 0 spiro atoms. The zero-order valence-corrected chi connectivity index (χ0v) is 26.5. The van der Waals surface area contributed by atoms with Crippen LogP contribution in [0, 0.1) is 17.9 Å². The molecule has 0 unspecified atom stereocenters. The zero-order valence-electron chi connectivity index (χ0n) is 23.1. The van der Waals surface area contributed by atoms with Crippen molar-refractivity contribution >= 4 is 35.3 Å². The summed E-state index contributed by atoms with van der Waals surface area (Å²) in [6, 6.07) is 27.3. The van der Waals surface area contributed by atoms with Crippen LogP contribution in [-0.4, -0.2) is 23.0 Å². The van der Waals surface area contributed by atoms with Gasteiger partial charge in [0.2, 0.25) is 5.71 Å². The number of aromatic nitrogens is 3. The molecule has 0 aliphatic heterocycles. The number of nitrogens with zero attached hydrogens (tertiary/aromatic N) is 3. The Morgan fingerprint density at radius 2 is 1.70 bits per heavy atom. The second-order valence-corrected chi connectivity index (χ2v) is 15.8. The number of fused-ring (bicyclic) bond motifs is 3. The fourth-order valence-corrected chi connectivity index (χ4v) is 5.34. The molecule has 4 heterocycles. The van der Waals surface area contributed by atoms with E-state index in [-0.39, 0.29) is 25.9 Å². The van der Waals surface area contributed by atoms with Crippen molar-refractivity contribution in [3.63, 3.8) is 0 Å². The van der Waals surface area contributed by atoms with E-state index >= 15 is 0 Å². The first-order chi connectivity index (χ1) is 18.7. The van der Waals surface area contributed by atoms with Crippen LogP contribution in [0.25, 0.3) is 44.6 Å². The van der Waals surface area contributed by atoms with Crippen LogP contribution in [0.3, 0.4) is 0 Å². The smallest absolute Gasteiger partial charge is 0.216 e. The largest absolute Gasteiger partial charge is 0.486 e. The van der Waals surface area contributed by atoms with Gasteiger partial charge in [-0.2, -0.15) is 0 Å². The molecule has 1 radical (unpaired) electrons. The van der Waals surface area contributed by atoms with Crippen LogP contribution in [-0.2, 0) is 20.1 Å². The molecule has 205 valence electrons. The molecule has 0 saturated heterocycles. The fraction of sp³-hybridized carbons (Fsp3) is 0.182. The molecule has 0 bridgehead atoms. The van der Waals surface area contributed by atoms with Crippen molar-refractivity contribution in [1.29, 1.82) is 0 Å². The summed E-state index contributed by atoms with van der Waals surface area (Å²) >= 11 is 0. The maximum Gasteiger partial charge on any atom is 0.216 e. The Kier molecular flexibility index (Phi) is 9.09. The Morgan fingerprint density at radius 3 is 2.38 bits per heavy atom. The first-order valence-corrected chi connectivity index (χ1v) is 16.5. The van der Waals surface area contributed by atoms with Gasteiger partial charge in [0.25, 0.3) is 0 Å². The molecule has 40 heavy (non-hydrogen) atoms. The van der Waals surface area contributed by atoms with Gasteiger partial charge in [-0.25, -0.2) is 4.98 Å². The number of halogens is 1. The third-order valence-corrected chi connectivity index (χ3v) is 8.62. The summed E-state index contributed by atoms with van der Waals surface area (Å²) in [5.74, 6) is 0.0144. The summed E-state index contributed by atoms with van der Waals surface area (Å²) in [6.07, 6.45) is 5.40. The molecule has 0 fully saturated rings. The summed E-state index contributed by atoms with van der Waals surface area (Å²) in [4.78, 5) is 13.1. The minimum Gasteiger partial charge on any atom is -0.486 e. The molecular weight excluding hydrogens is 694 g/mol. The second kappa shape index (κ2) is 12.3. The van der Waals surface area contributed by atoms with Gasteiger partial charge in [0.1, 0.15) is 0 Å². The normalized spacial score (nSPS) is 11.3. The fourth-order valence-electron chi connectivity index (χ4n) is 4.30. The molecule has 0 aliphatic rings. The maximum atomic E-state index is 14.3. The maximum absolute atomic E-state index is 14.3. The van der Waals surface area contributed by atoms with Crippen molar-refractivity contribution in [3.8, 4) is 22.5 Å². The Labute approximate surface area is 249 Å². The van der Waals surface area contributed by atoms with Crippen LogP contribution in [0.1, 0.15) is 25.3 Å². The number of rotatable bonds is 4. The third kappa shape index (κ3) is 6.28. The Hall–Kier alpha value is -3.51. The van der Waals surface area contributed by atoms with Gasteiger partial charge in [0.05, 0.1) is 13.7 Å². The van der Waals surface area contributed by atoms with E-state index in [0.717, 1.165) is 22.5 Å². The molecule has 6 rings (SSSR count). The standard InChI is InChI=1S/C19H14FN2O.C14H16NSi.Ir/c1-11(2)12-7-9-21-16(10-12)13-5-6-15(20)17-14-4-3-8-22-19(14)23-18(13)17;1-16(2,3)13-9-10-14(15-11-13)12-7-5-4-6-8-12;/h3-4,6-11H,1-2H3;4-7,9-11H,1-3H3;/q2*-1;. The second-order valence-electron chi connectivity index (χ2n) is 10.8. The van der Waals surface area contributed by atoms with E-state index in [2.05, 4.69) is 72.7 Å². The molecule has 7 heteroatoms. The van der Waals surface area contributed by atoms with E-state index in [1.165, 1.54) is 11.3 Å². The summed E-state index contributed by atoms with van der Waals surface area (Å²) in [6.45, 7) is 11.2. The first kappa shape index (κ1) is 29.5. The van der Waals surface area contributed by atoms with Crippen molar-refractivity contribution in [2.75, 3.05) is 0 Å². The van der Waals surface area contributed by atoms with Crippen molar-refractivity contribution in [3.05, 3.63) is 109 Å². The monoisotopic (exact) mass is 724 g/mol. The predicted octanol–water partition coefficient (Wildman–Crippen LogP) is 8.20. The van der Waals surface area contributed by atoms with Crippen LogP contribution >= 0.6 is 0 Å². The quantitative estimate of drug-likeness (QED) is 0.136. The molecule has 0 saturated carbocycles. The molecule has 2 aromatic carbocycles. The van der Waals surface area contributed by atoms with Crippen LogP contribution in [0.2, 0.25) is 19.6 Å².